The van der Waals surface area contributed by atoms with Crippen molar-refractivity contribution in [2.75, 3.05) is 25.6 Å². The molecular formula is C24H32N2O5. The number of ether oxygens (including phenoxy) is 3. The number of carbonyl (C=O) groups is 2. The molecule has 0 fully saturated rings. The van der Waals surface area contributed by atoms with E-state index in [-0.39, 0.29) is 18.2 Å². The highest BCUT2D eigenvalue weighted by Gasteiger charge is 2.18. The Morgan fingerprint density at radius 3 is 2.16 bits per heavy atom. The predicted octanol–water partition coefficient (Wildman–Crippen LogP) is 4.48. The quantitative estimate of drug-likeness (QED) is 0.521. The number of hydrogen-bond acceptors (Lipinski definition) is 5. The molecule has 2 N–H and O–H groups in total. The lowest BCUT2D eigenvalue weighted by Gasteiger charge is -2.19. The van der Waals surface area contributed by atoms with Crippen LogP contribution >= 0.6 is 0 Å². The standard InChI is InChI=1S/C24H32N2O5/c1-5-13-30-22-12-9-19(15-23(22)31-14-6-2)26-24(28)16-21(25-17(3)27)18-7-10-20(29-4)11-8-18/h7-12,15,21H,5-6,13-14,16H2,1-4H3,(H,25,27)(H,26,28). The molecule has 1 unspecified atom stereocenters. The van der Waals surface area contributed by atoms with Gasteiger partial charge in [-0.3, -0.25) is 9.59 Å². The number of methoxy groups -OCH3 is 1. The topological polar surface area (TPSA) is 85.9 Å². The van der Waals surface area contributed by atoms with Crippen molar-refractivity contribution >= 4 is 17.5 Å². The van der Waals surface area contributed by atoms with Gasteiger partial charge in [0.2, 0.25) is 11.8 Å². The zero-order valence-electron chi connectivity index (χ0n) is 18.7. The van der Waals surface area contributed by atoms with Crippen LogP contribution in [0, 0.1) is 0 Å². The molecule has 7 heteroatoms. The van der Waals surface area contributed by atoms with E-state index in [1.807, 2.05) is 26.0 Å². The highest BCUT2D eigenvalue weighted by molar-refractivity contribution is 5.92. The van der Waals surface area contributed by atoms with Gasteiger partial charge in [-0.15, -0.1) is 0 Å². The summed E-state index contributed by atoms with van der Waals surface area (Å²) in [6.07, 6.45) is 1.84. The molecule has 0 bridgehead atoms. The summed E-state index contributed by atoms with van der Waals surface area (Å²) in [5.74, 6) is 1.53. The number of hydrogen-bond donors (Lipinski definition) is 2. The molecule has 168 valence electrons. The molecule has 7 nitrogen and oxygen atoms in total. The minimum atomic E-state index is -0.452. The SMILES string of the molecule is CCCOc1ccc(NC(=O)CC(NC(C)=O)c2ccc(OC)cc2)cc1OCCC. The Morgan fingerprint density at radius 2 is 1.58 bits per heavy atom. The molecule has 2 amide bonds. The van der Waals surface area contributed by atoms with Crippen LogP contribution in [-0.4, -0.2) is 32.1 Å². The fourth-order valence-electron chi connectivity index (χ4n) is 2.97. The molecule has 31 heavy (non-hydrogen) atoms. The van der Waals surface area contributed by atoms with Gasteiger partial charge in [-0.25, -0.2) is 0 Å². The summed E-state index contributed by atoms with van der Waals surface area (Å²) in [6, 6.07) is 12.2. The molecule has 0 heterocycles. The third-order valence-electron chi connectivity index (χ3n) is 4.44. The first-order chi connectivity index (χ1) is 15.0. The highest BCUT2D eigenvalue weighted by atomic mass is 16.5. The Morgan fingerprint density at radius 1 is 0.935 bits per heavy atom. The van der Waals surface area contributed by atoms with Gasteiger partial charge in [-0.1, -0.05) is 26.0 Å². The van der Waals surface area contributed by atoms with E-state index in [2.05, 4.69) is 10.6 Å². The van der Waals surface area contributed by atoms with Crippen molar-refractivity contribution in [3.8, 4) is 17.2 Å². The van der Waals surface area contributed by atoms with E-state index in [4.69, 9.17) is 14.2 Å². The number of anilines is 1. The van der Waals surface area contributed by atoms with E-state index in [1.54, 1.807) is 37.4 Å². The van der Waals surface area contributed by atoms with Gasteiger partial charge in [-0.05, 0) is 42.7 Å². The van der Waals surface area contributed by atoms with E-state index in [0.717, 1.165) is 18.4 Å². The van der Waals surface area contributed by atoms with Gasteiger partial charge in [-0.2, -0.15) is 0 Å². The number of benzene rings is 2. The van der Waals surface area contributed by atoms with E-state index in [1.165, 1.54) is 6.92 Å². The van der Waals surface area contributed by atoms with Crippen molar-refractivity contribution < 1.29 is 23.8 Å². The minimum absolute atomic E-state index is 0.0884. The van der Waals surface area contributed by atoms with E-state index < -0.39 is 6.04 Å². The molecule has 0 radical (unpaired) electrons. The Kier molecular flexibility index (Phi) is 9.68. The fraction of sp³-hybridized carbons (Fsp3) is 0.417. The summed E-state index contributed by atoms with van der Waals surface area (Å²) in [5, 5.41) is 5.72. The third kappa shape index (κ3) is 7.85. The summed E-state index contributed by atoms with van der Waals surface area (Å²) in [7, 11) is 1.59. The van der Waals surface area contributed by atoms with Gasteiger partial charge in [0.15, 0.2) is 11.5 Å². The molecule has 2 aromatic carbocycles. The zero-order chi connectivity index (χ0) is 22.6. The molecular weight excluding hydrogens is 396 g/mol. The van der Waals surface area contributed by atoms with Crippen molar-refractivity contribution in [2.24, 2.45) is 0 Å². The molecule has 2 rings (SSSR count). The maximum Gasteiger partial charge on any atom is 0.226 e. The van der Waals surface area contributed by atoms with Crippen LogP contribution < -0.4 is 24.8 Å². The monoisotopic (exact) mass is 428 g/mol. The Bertz CT molecular complexity index is 852. The first kappa shape index (κ1) is 24.1. The molecule has 0 aromatic heterocycles. The van der Waals surface area contributed by atoms with Crippen LogP contribution in [0.5, 0.6) is 17.2 Å². The molecule has 0 aliphatic heterocycles. The van der Waals surface area contributed by atoms with Gasteiger partial charge in [0.1, 0.15) is 5.75 Å². The summed E-state index contributed by atoms with van der Waals surface area (Å²) in [4.78, 5) is 24.4. The Hall–Kier alpha value is -3.22. The lowest BCUT2D eigenvalue weighted by molar-refractivity contribution is -0.120. The second-order valence-corrected chi connectivity index (χ2v) is 7.14. The smallest absolute Gasteiger partial charge is 0.226 e. The van der Waals surface area contributed by atoms with Crippen LogP contribution in [0.1, 0.15) is 51.6 Å². The van der Waals surface area contributed by atoms with Crippen molar-refractivity contribution in [3.05, 3.63) is 48.0 Å². The van der Waals surface area contributed by atoms with Crippen molar-refractivity contribution in [1.82, 2.24) is 5.32 Å². The largest absolute Gasteiger partial charge is 0.497 e. The highest BCUT2D eigenvalue weighted by Crippen LogP contribution is 2.31. The molecule has 1 atom stereocenters. The average molecular weight is 429 g/mol. The van der Waals surface area contributed by atoms with E-state index in [0.29, 0.717) is 36.1 Å². The zero-order valence-corrected chi connectivity index (χ0v) is 18.7. The van der Waals surface area contributed by atoms with Gasteiger partial charge in [0.05, 0.1) is 32.8 Å². The predicted molar refractivity (Wildman–Crippen MR) is 121 cm³/mol. The fourth-order valence-corrected chi connectivity index (χ4v) is 2.97. The normalized spacial score (nSPS) is 11.4. The number of amides is 2. The summed E-state index contributed by atoms with van der Waals surface area (Å²) >= 11 is 0. The first-order valence-corrected chi connectivity index (χ1v) is 10.6. The van der Waals surface area contributed by atoms with E-state index >= 15 is 0 Å². The minimum Gasteiger partial charge on any atom is -0.497 e. The molecule has 0 spiro atoms. The van der Waals surface area contributed by atoms with Crippen LogP contribution in [0.15, 0.2) is 42.5 Å². The number of rotatable bonds is 12. The maximum atomic E-state index is 12.7. The van der Waals surface area contributed by atoms with Gasteiger partial charge in [0, 0.05) is 18.7 Å². The van der Waals surface area contributed by atoms with Crippen LogP contribution in [0.3, 0.4) is 0 Å². The van der Waals surface area contributed by atoms with Crippen LogP contribution in [0.4, 0.5) is 5.69 Å². The molecule has 0 aliphatic rings. The maximum absolute atomic E-state index is 12.7. The Labute approximate surface area is 184 Å². The van der Waals surface area contributed by atoms with Crippen LogP contribution in [0.2, 0.25) is 0 Å². The molecule has 2 aromatic rings. The lowest BCUT2D eigenvalue weighted by atomic mass is 10.0. The van der Waals surface area contributed by atoms with Crippen LogP contribution in [0.25, 0.3) is 0 Å². The van der Waals surface area contributed by atoms with Gasteiger partial charge < -0.3 is 24.8 Å². The second kappa shape index (κ2) is 12.5. The van der Waals surface area contributed by atoms with E-state index in [9.17, 15) is 9.59 Å². The lowest BCUT2D eigenvalue weighted by Crippen LogP contribution is -2.29. The second-order valence-electron chi connectivity index (χ2n) is 7.14. The number of nitrogens with one attached hydrogen (secondary N) is 2. The summed E-state index contributed by atoms with van der Waals surface area (Å²) in [5.41, 5.74) is 1.43. The molecule has 0 saturated carbocycles. The molecule has 0 aliphatic carbocycles. The Balaban J connectivity index is 2.12. The summed E-state index contributed by atoms with van der Waals surface area (Å²) in [6.45, 7) is 6.65. The molecule has 0 saturated heterocycles. The third-order valence-corrected chi connectivity index (χ3v) is 4.44. The van der Waals surface area contributed by atoms with Gasteiger partial charge >= 0.3 is 0 Å². The van der Waals surface area contributed by atoms with Gasteiger partial charge in [0.25, 0.3) is 0 Å². The first-order valence-electron chi connectivity index (χ1n) is 10.6. The van der Waals surface area contributed by atoms with Crippen molar-refractivity contribution in [1.29, 1.82) is 0 Å². The van der Waals surface area contributed by atoms with Crippen LogP contribution in [-0.2, 0) is 9.59 Å². The van der Waals surface area contributed by atoms with Crippen molar-refractivity contribution in [2.45, 2.75) is 46.1 Å². The van der Waals surface area contributed by atoms with Crippen molar-refractivity contribution in [3.63, 3.8) is 0 Å². The average Bonchev–Trinajstić information content (AvgIpc) is 2.76. The summed E-state index contributed by atoms with van der Waals surface area (Å²) < 4.78 is 16.7. The number of carbonyl (C=O) groups excluding carboxylic acids is 2.